The van der Waals surface area contributed by atoms with Crippen LogP contribution in [0.2, 0.25) is 0 Å². The first-order valence-electron chi connectivity index (χ1n) is 8.66. The van der Waals surface area contributed by atoms with Gasteiger partial charge >= 0.3 is 0 Å². The van der Waals surface area contributed by atoms with Gasteiger partial charge in [-0.25, -0.2) is 4.98 Å². The van der Waals surface area contributed by atoms with Gasteiger partial charge in [0.2, 0.25) is 0 Å². The molecular weight excluding hydrogens is 390 g/mol. The number of rotatable bonds is 5. The maximum atomic E-state index is 12.4. The predicted octanol–water partition coefficient (Wildman–Crippen LogP) is 4.61. The molecule has 0 aliphatic carbocycles. The first-order valence-corrected chi connectivity index (χ1v) is 10.5. The molecule has 4 rings (SSSR count). The third-order valence-electron chi connectivity index (χ3n) is 4.20. The predicted molar refractivity (Wildman–Crippen MR) is 114 cm³/mol. The van der Waals surface area contributed by atoms with Crippen molar-refractivity contribution in [2.24, 2.45) is 0 Å². The van der Waals surface area contributed by atoms with E-state index < -0.39 is 0 Å². The number of thioether (sulfide) groups is 1. The second-order valence-electron chi connectivity index (χ2n) is 6.19. The Balaban J connectivity index is 1.56. The highest BCUT2D eigenvalue weighted by Crippen LogP contribution is 2.30. The highest BCUT2D eigenvalue weighted by Gasteiger charge is 2.11. The van der Waals surface area contributed by atoms with Crippen molar-refractivity contribution in [2.75, 3.05) is 5.32 Å². The van der Waals surface area contributed by atoms with Gasteiger partial charge in [0.25, 0.3) is 11.5 Å². The van der Waals surface area contributed by atoms with E-state index in [0.717, 1.165) is 16.1 Å². The number of hydrogen-bond acceptors (Lipinski definition) is 5. The molecule has 0 saturated heterocycles. The molecule has 140 valence electrons. The van der Waals surface area contributed by atoms with Gasteiger partial charge in [-0.1, -0.05) is 24.3 Å². The number of aromatic nitrogens is 2. The quantitative estimate of drug-likeness (QED) is 0.491. The van der Waals surface area contributed by atoms with E-state index in [9.17, 15) is 9.59 Å². The second-order valence-corrected chi connectivity index (χ2v) is 8.15. The average molecular weight is 408 g/mol. The Kier molecular flexibility index (Phi) is 5.27. The molecule has 0 radical (unpaired) electrons. The molecule has 0 fully saturated rings. The fourth-order valence-electron chi connectivity index (χ4n) is 2.82. The first-order chi connectivity index (χ1) is 13.6. The average Bonchev–Trinajstić information content (AvgIpc) is 3.23. The third kappa shape index (κ3) is 3.85. The number of carbonyl (C=O) groups excluding carboxylic acids is 1. The van der Waals surface area contributed by atoms with E-state index in [-0.39, 0.29) is 11.5 Å². The fraction of sp³-hybridized carbons (Fsp3) is 0.0952. The summed E-state index contributed by atoms with van der Waals surface area (Å²) in [4.78, 5) is 31.0. The van der Waals surface area contributed by atoms with Crippen LogP contribution in [0.3, 0.4) is 0 Å². The van der Waals surface area contributed by atoms with Crippen LogP contribution >= 0.6 is 23.1 Å². The Morgan fingerprint density at radius 3 is 2.86 bits per heavy atom. The molecule has 0 unspecified atom stereocenters. The van der Waals surface area contributed by atoms with Crippen LogP contribution in [-0.4, -0.2) is 15.3 Å². The lowest BCUT2D eigenvalue weighted by molar-refractivity contribution is 0.103. The summed E-state index contributed by atoms with van der Waals surface area (Å²) in [5, 5.41) is 4.84. The minimum atomic E-state index is -0.124. The van der Waals surface area contributed by atoms with E-state index in [1.807, 2.05) is 54.8 Å². The van der Waals surface area contributed by atoms with Crippen molar-refractivity contribution in [3.8, 4) is 0 Å². The lowest BCUT2D eigenvalue weighted by Crippen LogP contribution is -2.15. The summed E-state index contributed by atoms with van der Waals surface area (Å²) in [6, 6.07) is 16.6. The van der Waals surface area contributed by atoms with E-state index in [0.29, 0.717) is 22.0 Å². The van der Waals surface area contributed by atoms with Crippen LogP contribution in [-0.2, 0) is 5.75 Å². The monoisotopic (exact) mass is 407 g/mol. The molecule has 0 bridgehead atoms. The molecule has 0 aliphatic rings. The number of nitrogens with one attached hydrogen (secondary N) is 1. The Morgan fingerprint density at radius 1 is 1.18 bits per heavy atom. The summed E-state index contributed by atoms with van der Waals surface area (Å²) in [5.41, 5.74) is 2.99. The molecule has 3 aromatic heterocycles. The lowest BCUT2D eigenvalue weighted by Gasteiger charge is -2.10. The van der Waals surface area contributed by atoms with Gasteiger partial charge in [0.05, 0.1) is 16.3 Å². The van der Waals surface area contributed by atoms with E-state index in [2.05, 4.69) is 10.3 Å². The molecule has 1 aromatic carbocycles. The van der Waals surface area contributed by atoms with Crippen molar-refractivity contribution in [1.82, 2.24) is 9.38 Å². The zero-order valence-electron chi connectivity index (χ0n) is 15.1. The smallest absolute Gasteiger partial charge is 0.265 e. The molecule has 5 nitrogen and oxygen atoms in total. The van der Waals surface area contributed by atoms with Crippen molar-refractivity contribution in [3.63, 3.8) is 0 Å². The normalized spacial score (nSPS) is 10.9. The molecule has 1 amide bonds. The number of pyridine rings is 1. The van der Waals surface area contributed by atoms with E-state index in [4.69, 9.17) is 0 Å². The van der Waals surface area contributed by atoms with Gasteiger partial charge in [0, 0.05) is 22.9 Å². The largest absolute Gasteiger partial charge is 0.320 e. The topological polar surface area (TPSA) is 63.5 Å². The number of thiophene rings is 1. The SMILES string of the molecule is Cc1cccn2c(=O)cc(CSc3ccccc3NC(=O)c3cccs3)nc12. The number of benzene rings is 1. The highest BCUT2D eigenvalue weighted by atomic mass is 32.2. The van der Waals surface area contributed by atoms with Crippen LogP contribution in [0.1, 0.15) is 20.9 Å². The molecule has 1 N–H and O–H groups in total. The standard InChI is InChI=1S/C21H17N3O2S2/c1-14-6-4-10-24-19(25)12-15(22-20(14)24)13-28-17-8-3-2-7-16(17)23-21(26)18-9-5-11-27-18/h2-12H,13H2,1H3,(H,23,26). The van der Waals surface area contributed by atoms with Crippen LogP contribution in [0.5, 0.6) is 0 Å². The van der Waals surface area contributed by atoms with E-state index in [1.165, 1.54) is 11.3 Å². The number of para-hydroxylation sites is 1. The van der Waals surface area contributed by atoms with E-state index in [1.54, 1.807) is 34.5 Å². The number of hydrogen-bond donors (Lipinski definition) is 1. The Labute approximate surface area is 170 Å². The van der Waals surface area contributed by atoms with Gasteiger partial charge in [0.15, 0.2) is 0 Å². The van der Waals surface area contributed by atoms with E-state index >= 15 is 0 Å². The highest BCUT2D eigenvalue weighted by molar-refractivity contribution is 7.98. The van der Waals surface area contributed by atoms with Gasteiger partial charge in [-0.3, -0.25) is 14.0 Å². The molecule has 28 heavy (non-hydrogen) atoms. The number of nitrogens with zero attached hydrogens (tertiary/aromatic N) is 2. The zero-order chi connectivity index (χ0) is 19.5. The van der Waals surface area contributed by atoms with Crippen LogP contribution in [0.4, 0.5) is 5.69 Å². The van der Waals surface area contributed by atoms with Gasteiger partial charge in [-0.2, -0.15) is 0 Å². The zero-order valence-corrected chi connectivity index (χ0v) is 16.7. The summed E-state index contributed by atoms with van der Waals surface area (Å²) in [6.45, 7) is 1.94. The molecule has 7 heteroatoms. The first kappa shape index (κ1) is 18.5. The number of fused-ring (bicyclic) bond motifs is 1. The molecule has 3 heterocycles. The second kappa shape index (κ2) is 8.00. The van der Waals surface area contributed by atoms with Gasteiger partial charge in [-0.05, 0) is 42.1 Å². The summed E-state index contributed by atoms with van der Waals surface area (Å²) in [7, 11) is 0. The molecule has 0 aliphatic heterocycles. The van der Waals surface area contributed by atoms with Crippen molar-refractivity contribution in [1.29, 1.82) is 0 Å². The van der Waals surface area contributed by atoms with Crippen molar-refractivity contribution >= 4 is 40.3 Å². The Hall–Kier alpha value is -2.90. The molecule has 0 spiro atoms. The van der Waals surface area contributed by atoms with Crippen LogP contribution in [0.25, 0.3) is 5.65 Å². The minimum absolute atomic E-state index is 0.0939. The summed E-state index contributed by atoms with van der Waals surface area (Å²) in [5.74, 6) is 0.409. The summed E-state index contributed by atoms with van der Waals surface area (Å²) < 4.78 is 1.55. The minimum Gasteiger partial charge on any atom is -0.320 e. The van der Waals surface area contributed by atoms with Gasteiger partial charge in [-0.15, -0.1) is 23.1 Å². The number of amides is 1. The fourth-order valence-corrected chi connectivity index (χ4v) is 4.34. The maximum Gasteiger partial charge on any atom is 0.265 e. The molecule has 0 saturated carbocycles. The Bertz CT molecular complexity index is 1200. The lowest BCUT2D eigenvalue weighted by atomic mass is 10.3. The summed E-state index contributed by atoms with van der Waals surface area (Å²) in [6.07, 6.45) is 1.73. The van der Waals surface area contributed by atoms with Crippen LogP contribution < -0.4 is 10.9 Å². The maximum absolute atomic E-state index is 12.4. The number of aryl methyl sites for hydroxylation is 1. The van der Waals surface area contributed by atoms with Crippen LogP contribution in [0, 0.1) is 6.92 Å². The van der Waals surface area contributed by atoms with Crippen molar-refractivity contribution in [3.05, 3.63) is 92.7 Å². The van der Waals surface area contributed by atoms with Crippen LogP contribution in [0.15, 0.2) is 75.9 Å². The van der Waals surface area contributed by atoms with Crippen molar-refractivity contribution < 1.29 is 4.79 Å². The third-order valence-corrected chi connectivity index (χ3v) is 6.17. The van der Waals surface area contributed by atoms with Crippen molar-refractivity contribution in [2.45, 2.75) is 17.6 Å². The summed E-state index contributed by atoms with van der Waals surface area (Å²) >= 11 is 2.95. The number of carbonyl (C=O) groups is 1. The molecule has 0 atom stereocenters. The van der Waals surface area contributed by atoms with Gasteiger partial charge < -0.3 is 5.32 Å². The Morgan fingerprint density at radius 2 is 2.04 bits per heavy atom. The van der Waals surface area contributed by atoms with Gasteiger partial charge in [0.1, 0.15) is 5.65 Å². The molecule has 4 aromatic rings. The number of anilines is 1. The molecular formula is C21H17N3O2S2.